The lowest BCUT2D eigenvalue weighted by Crippen LogP contribution is -2.08. The minimum atomic E-state index is 0.111. The Kier molecular flexibility index (Phi) is 2.70. The van der Waals surface area contributed by atoms with Gasteiger partial charge in [-0.3, -0.25) is 0 Å². The molecule has 0 fully saturated rings. The van der Waals surface area contributed by atoms with E-state index in [1.807, 2.05) is 21.0 Å². The zero-order valence-corrected chi connectivity index (χ0v) is 7.66. The first-order chi connectivity index (χ1) is 5.65. The quantitative estimate of drug-likeness (QED) is 0.721. The van der Waals surface area contributed by atoms with Crippen LogP contribution in [0.25, 0.3) is 0 Å². The van der Waals surface area contributed by atoms with E-state index in [1.165, 1.54) is 0 Å². The van der Waals surface area contributed by atoms with Crippen molar-refractivity contribution < 1.29 is 9.52 Å². The summed E-state index contributed by atoms with van der Waals surface area (Å²) in [6.45, 7) is 1.96. The molecule has 1 rings (SSSR count). The zero-order valence-electron chi connectivity index (χ0n) is 7.66. The highest BCUT2D eigenvalue weighted by Gasteiger charge is 2.09. The van der Waals surface area contributed by atoms with Crippen LogP contribution in [0.15, 0.2) is 4.42 Å². The van der Waals surface area contributed by atoms with E-state index in [-0.39, 0.29) is 6.61 Å². The SMILES string of the molecule is Cc1oc(N(C)C)nc1CCO. The van der Waals surface area contributed by atoms with Crippen molar-refractivity contribution in [2.75, 3.05) is 25.6 Å². The monoisotopic (exact) mass is 170 g/mol. The van der Waals surface area contributed by atoms with Gasteiger partial charge in [0.1, 0.15) is 5.76 Å². The van der Waals surface area contributed by atoms with E-state index >= 15 is 0 Å². The summed E-state index contributed by atoms with van der Waals surface area (Å²) in [6, 6.07) is 0.593. The van der Waals surface area contributed by atoms with E-state index in [4.69, 9.17) is 9.52 Å². The molecule has 1 N–H and O–H groups in total. The van der Waals surface area contributed by atoms with Gasteiger partial charge in [-0.05, 0) is 6.92 Å². The van der Waals surface area contributed by atoms with E-state index in [0.717, 1.165) is 11.5 Å². The molecular formula is C8H14N2O2. The molecule has 0 saturated heterocycles. The first-order valence-corrected chi connectivity index (χ1v) is 3.89. The predicted octanol–water partition coefficient (Wildman–Crippen LogP) is 0.584. The molecule has 0 bridgehead atoms. The topological polar surface area (TPSA) is 49.5 Å². The largest absolute Gasteiger partial charge is 0.429 e. The van der Waals surface area contributed by atoms with Crippen molar-refractivity contribution in [3.63, 3.8) is 0 Å². The van der Waals surface area contributed by atoms with Crippen LogP contribution in [0.3, 0.4) is 0 Å². The second-order valence-corrected chi connectivity index (χ2v) is 2.87. The van der Waals surface area contributed by atoms with E-state index < -0.39 is 0 Å². The second-order valence-electron chi connectivity index (χ2n) is 2.87. The summed E-state index contributed by atoms with van der Waals surface area (Å²) in [5.41, 5.74) is 0.834. The summed E-state index contributed by atoms with van der Waals surface area (Å²) in [5.74, 6) is 0.785. The van der Waals surface area contributed by atoms with E-state index in [2.05, 4.69) is 4.98 Å². The molecule has 0 aliphatic carbocycles. The molecule has 1 aromatic rings. The summed E-state index contributed by atoms with van der Waals surface area (Å²) in [7, 11) is 3.74. The van der Waals surface area contributed by atoms with Gasteiger partial charge in [0, 0.05) is 27.1 Å². The van der Waals surface area contributed by atoms with Crippen molar-refractivity contribution in [1.29, 1.82) is 0 Å². The highest BCUT2D eigenvalue weighted by Crippen LogP contribution is 2.16. The molecule has 1 heterocycles. The maximum atomic E-state index is 8.70. The molecule has 68 valence electrons. The van der Waals surface area contributed by atoms with Crippen LogP contribution in [0, 0.1) is 6.92 Å². The Bertz CT molecular complexity index is 256. The molecule has 0 saturated carbocycles. The van der Waals surface area contributed by atoms with Crippen LogP contribution in [-0.2, 0) is 6.42 Å². The maximum absolute atomic E-state index is 8.70. The van der Waals surface area contributed by atoms with Gasteiger partial charge in [-0.15, -0.1) is 0 Å². The van der Waals surface area contributed by atoms with Gasteiger partial charge in [-0.25, -0.2) is 0 Å². The van der Waals surface area contributed by atoms with Gasteiger partial charge in [0.2, 0.25) is 0 Å². The Morgan fingerprint density at radius 1 is 1.50 bits per heavy atom. The van der Waals surface area contributed by atoms with E-state index in [0.29, 0.717) is 12.4 Å². The molecule has 0 aromatic carbocycles. The number of anilines is 1. The van der Waals surface area contributed by atoms with Gasteiger partial charge in [0.15, 0.2) is 0 Å². The predicted molar refractivity (Wildman–Crippen MR) is 46.4 cm³/mol. The molecule has 12 heavy (non-hydrogen) atoms. The maximum Gasteiger partial charge on any atom is 0.297 e. The highest BCUT2D eigenvalue weighted by atomic mass is 16.4. The van der Waals surface area contributed by atoms with Crippen LogP contribution < -0.4 is 4.90 Å². The fraction of sp³-hybridized carbons (Fsp3) is 0.625. The normalized spacial score (nSPS) is 10.3. The number of aryl methyl sites for hydroxylation is 1. The number of aliphatic hydroxyl groups is 1. The number of oxazole rings is 1. The molecule has 0 aliphatic heterocycles. The number of hydrogen-bond donors (Lipinski definition) is 1. The van der Waals surface area contributed by atoms with Crippen LogP contribution in [0.2, 0.25) is 0 Å². The fourth-order valence-corrected chi connectivity index (χ4v) is 0.942. The number of nitrogens with zero attached hydrogens (tertiary/aromatic N) is 2. The van der Waals surface area contributed by atoms with Crippen LogP contribution in [-0.4, -0.2) is 30.8 Å². The summed E-state index contributed by atoms with van der Waals surface area (Å²) < 4.78 is 5.33. The van der Waals surface area contributed by atoms with Crippen LogP contribution >= 0.6 is 0 Å². The highest BCUT2D eigenvalue weighted by molar-refractivity contribution is 5.26. The third-order valence-corrected chi connectivity index (χ3v) is 1.61. The van der Waals surface area contributed by atoms with Crippen molar-refractivity contribution in [3.05, 3.63) is 11.5 Å². The third kappa shape index (κ3) is 1.76. The number of rotatable bonds is 3. The lowest BCUT2D eigenvalue weighted by Gasteiger charge is -2.03. The molecule has 4 heteroatoms. The van der Waals surface area contributed by atoms with Gasteiger partial charge >= 0.3 is 0 Å². The molecule has 0 radical (unpaired) electrons. The van der Waals surface area contributed by atoms with Gasteiger partial charge in [0.05, 0.1) is 5.69 Å². The third-order valence-electron chi connectivity index (χ3n) is 1.61. The first-order valence-electron chi connectivity index (χ1n) is 3.89. The number of aliphatic hydroxyl groups excluding tert-OH is 1. The van der Waals surface area contributed by atoms with Crippen molar-refractivity contribution in [2.45, 2.75) is 13.3 Å². The summed E-state index contributed by atoms with van der Waals surface area (Å²) in [5, 5.41) is 8.70. The Labute approximate surface area is 71.8 Å². The molecule has 0 atom stereocenters. The number of aromatic nitrogens is 1. The smallest absolute Gasteiger partial charge is 0.297 e. The number of hydrogen-bond acceptors (Lipinski definition) is 4. The molecular weight excluding hydrogens is 156 g/mol. The van der Waals surface area contributed by atoms with E-state index in [1.54, 1.807) is 4.90 Å². The lowest BCUT2D eigenvalue weighted by molar-refractivity contribution is 0.297. The van der Waals surface area contributed by atoms with Gasteiger partial charge in [-0.2, -0.15) is 4.98 Å². The second kappa shape index (κ2) is 3.58. The van der Waals surface area contributed by atoms with Crippen molar-refractivity contribution in [2.24, 2.45) is 0 Å². The van der Waals surface area contributed by atoms with Crippen molar-refractivity contribution >= 4 is 6.01 Å². The van der Waals surface area contributed by atoms with Crippen molar-refractivity contribution in [1.82, 2.24) is 4.98 Å². The molecule has 4 nitrogen and oxygen atoms in total. The van der Waals surface area contributed by atoms with Gasteiger partial charge in [-0.1, -0.05) is 0 Å². The lowest BCUT2D eigenvalue weighted by atomic mass is 10.3. The Morgan fingerprint density at radius 3 is 2.58 bits per heavy atom. The van der Waals surface area contributed by atoms with Crippen LogP contribution in [0.1, 0.15) is 11.5 Å². The van der Waals surface area contributed by atoms with Crippen molar-refractivity contribution in [3.8, 4) is 0 Å². The molecule has 0 spiro atoms. The Hall–Kier alpha value is -1.03. The summed E-state index contributed by atoms with van der Waals surface area (Å²) >= 11 is 0. The van der Waals surface area contributed by atoms with Crippen LogP contribution in [0.5, 0.6) is 0 Å². The average molecular weight is 170 g/mol. The summed E-state index contributed by atoms with van der Waals surface area (Å²) in [6.07, 6.45) is 0.559. The van der Waals surface area contributed by atoms with Crippen LogP contribution in [0.4, 0.5) is 6.01 Å². The molecule has 0 unspecified atom stereocenters. The van der Waals surface area contributed by atoms with E-state index in [9.17, 15) is 0 Å². The van der Waals surface area contributed by atoms with Gasteiger partial charge in [0.25, 0.3) is 6.01 Å². The summed E-state index contributed by atoms with van der Waals surface area (Å²) in [4.78, 5) is 6.00. The Balaban J connectivity index is 2.85. The minimum absolute atomic E-state index is 0.111. The standard InChI is InChI=1S/C8H14N2O2/c1-6-7(4-5-11)9-8(12-6)10(2)3/h11H,4-5H2,1-3H3. The first kappa shape index (κ1) is 9.06. The average Bonchev–Trinajstić information content (AvgIpc) is 2.34. The fourth-order valence-electron chi connectivity index (χ4n) is 0.942. The zero-order chi connectivity index (χ0) is 9.14. The molecule has 0 amide bonds. The molecule has 1 aromatic heterocycles. The molecule has 0 aliphatic rings. The van der Waals surface area contributed by atoms with Gasteiger partial charge < -0.3 is 14.4 Å². The minimum Gasteiger partial charge on any atom is -0.429 e. The Morgan fingerprint density at radius 2 is 2.17 bits per heavy atom.